The maximum Gasteiger partial charge on any atom is 0.273 e. The standard InChI is InChI=1S/C15H19N3O3/c1-11(16-2)13-4-5-17(10-13)9-12-6-14(18(19)20)8-15(7-12)21-3/h4-8,10-11,16H,9H2,1-3H3. The van der Waals surface area contributed by atoms with Crippen LogP contribution in [0.4, 0.5) is 5.69 Å². The van der Waals surface area contributed by atoms with Gasteiger partial charge < -0.3 is 14.6 Å². The van der Waals surface area contributed by atoms with Gasteiger partial charge in [-0.15, -0.1) is 0 Å². The first-order valence-corrected chi connectivity index (χ1v) is 6.68. The van der Waals surface area contributed by atoms with Crippen molar-refractivity contribution in [2.75, 3.05) is 14.2 Å². The second kappa shape index (κ2) is 6.41. The molecule has 0 spiro atoms. The normalized spacial score (nSPS) is 12.1. The van der Waals surface area contributed by atoms with E-state index in [1.807, 2.05) is 36.1 Å². The highest BCUT2D eigenvalue weighted by atomic mass is 16.6. The number of benzene rings is 1. The molecule has 1 atom stereocenters. The Kier molecular flexibility index (Phi) is 4.59. The molecular formula is C15H19N3O3. The molecule has 1 aromatic carbocycles. The topological polar surface area (TPSA) is 69.3 Å². The van der Waals surface area contributed by atoms with E-state index in [1.54, 1.807) is 6.07 Å². The van der Waals surface area contributed by atoms with E-state index < -0.39 is 4.92 Å². The Morgan fingerprint density at radius 1 is 1.43 bits per heavy atom. The van der Waals surface area contributed by atoms with Gasteiger partial charge in [-0.05, 0) is 37.2 Å². The average molecular weight is 289 g/mol. The minimum absolute atomic E-state index is 0.0420. The number of hydrogen-bond acceptors (Lipinski definition) is 4. The number of nitro benzene ring substituents is 1. The fourth-order valence-electron chi connectivity index (χ4n) is 2.15. The minimum atomic E-state index is -0.407. The van der Waals surface area contributed by atoms with Crippen molar-refractivity contribution < 1.29 is 9.66 Å². The first kappa shape index (κ1) is 15.1. The highest BCUT2D eigenvalue weighted by molar-refractivity contribution is 5.43. The Bertz CT molecular complexity index is 637. The molecule has 1 aromatic heterocycles. The lowest BCUT2D eigenvalue weighted by atomic mass is 10.2. The summed E-state index contributed by atoms with van der Waals surface area (Å²) in [6.45, 7) is 2.64. The van der Waals surface area contributed by atoms with Gasteiger partial charge >= 0.3 is 0 Å². The highest BCUT2D eigenvalue weighted by Crippen LogP contribution is 2.23. The van der Waals surface area contributed by atoms with Crippen LogP contribution in [0.5, 0.6) is 5.75 Å². The van der Waals surface area contributed by atoms with Gasteiger partial charge in [0.15, 0.2) is 0 Å². The molecule has 112 valence electrons. The molecule has 0 fully saturated rings. The molecule has 1 N–H and O–H groups in total. The van der Waals surface area contributed by atoms with E-state index in [-0.39, 0.29) is 11.7 Å². The largest absolute Gasteiger partial charge is 0.496 e. The van der Waals surface area contributed by atoms with E-state index in [2.05, 4.69) is 12.2 Å². The summed E-state index contributed by atoms with van der Waals surface area (Å²) in [4.78, 5) is 10.5. The summed E-state index contributed by atoms with van der Waals surface area (Å²) in [5.74, 6) is 0.496. The molecule has 0 saturated carbocycles. The number of nitrogens with one attached hydrogen (secondary N) is 1. The maximum absolute atomic E-state index is 10.9. The van der Waals surface area contributed by atoms with Gasteiger partial charge in [0.2, 0.25) is 0 Å². The van der Waals surface area contributed by atoms with Crippen molar-refractivity contribution in [2.24, 2.45) is 0 Å². The van der Waals surface area contributed by atoms with Gasteiger partial charge in [-0.25, -0.2) is 0 Å². The van der Waals surface area contributed by atoms with Gasteiger partial charge in [-0.2, -0.15) is 0 Å². The van der Waals surface area contributed by atoms with E-state index >= 15 is 0 Å². The lowest BCUT2D eigenvalue weighted by molar-refractivity contribution is -0.385. The molecule has 0 aliphatic carbocycles. The van der Waals surface area contributed by atoms with Crippen molar-refractivity contribution in [3.63, 3.8) is 0 Å². The zero-order valence-electron chi connectivity index (χ0n) is 12.4. The van der Waals surface area contributed by atoms with Crippen molar-refractivity contribution in [1.29, 1.82) is 0 Å². The summed E-state index contributed by atoms with van der Waals surface area (Å²) >= 11 is 0. The van der Waals surface area contributed by atoms with Crippen LogP contribution in [-0.2, 0) is 6.54 Å². The lowest BCUT2D eigenvalue weighted by Crippen LogP contribution is -2.11. The Morgan fingerprint density at radius 3 is 2.81 bits per heavy atom. The fourth-order valence-corrected chi connectivity index (χ4v) is 2.15. The first-order valence-electron chi connectivity index (χ1n) is 6.68. The van der Waals surface area contributed by atoms with E-state index in [1.165, 1.54) is 18.7 Å². The molecule has 0 aliphatic heterocycles. The zero-order valence-corrected chi connectivity index (χ0v) is 12.4. The van der Waals surface area contributed by atoms with E-state index in [4.69, 9.17) is 4.74 Å². The molecule has 0 amide bonds. The summed E-state index contributed by atoms with van der Waals surface area (Å²) in [5.41, 5.74) is 2.05. The van der Waals surface area contributed by atoms with Crippen LogP contribution in [0.3, 0.4) is 0 Å². The summed E-state index contributed by atoms with van der Waals surface area (Å²) in [6, 6.07) is 7.12. The van der Waals surface area contributed by atoms with Crippen LogP contribution < -0.4 is 10.1 Å². The Labute approximate surface area is 123 Å². The molecule has 1 heterocycles. The average Bonchev–Trinajstić information content (AvgIpc) is 2.94. The van der Waals surface area contributed by atoms with E-state index in [9.17, 15) is 10.1 Å². The first-order chi connectivity index (χ1) is 10.0. The number of nitrogens with zero attached hydrogens (tertiary/aromatic N) is 2. The summed E-state index contributed by atoms with van der Waals surface area (Å²) in [5, 5.41) is 14.1. The molecule has 0 radical (unpaired) electrons. The molecule has 21 heavy (non-hydrogen) atoms. The van der Waals surface area contributed by atoms with Crippen molar-refractivity contribution in [1.82, 2.24) is 9.88 Å². The highest BCUT2D eigenvalue weighted by Gasteiger charge is 2.11. The van der Waals surface area contributed by atoms with Gasteiger partial charge in [0.1, 0.15) is 5.75 Å². The van der Waals surface area contributed by atoms with E-state index in [0.29, 0.717) is 12.3 Å². The quantitative estimate of drug-likeness (QED) is 0.655. The molecule has 6 heteroatoms. The van der Waals surface area contributed by atoms with Crippen molar-refractivity contribution >= 4 is 5.69 Å². The van der Waals surface area contributed by atoms with Gasteiger partial charge in [-0.3, -0.25) is 10.1 Å². The second-order valence-corrected chi connectivity index (χ2v) is 4.92. The smallest absolute Gasteiger partial charge is 0.273 e. The van der Waals surface area contributed by atoms with Crippen LogP contribution in [-0.4, -0.2) is 23.6 Å². The van der Waals surface area contributed by atoms with Gasteiger partial charge in [-0.1, -0.05) is 0 Å². The van der Waals surface area contributed by atoms with Crippen LogP contribution in [0.2, 0.25) is 0 Å². The van der Waals surface area contributed by atoms with Crippen molar-refractivity contribution in [2.45, 2.75) is 19.5 Å². The van der Waals surface area contributed by atoms with Crippen LogP contribution >= 0.6 is 0 Å². The fraction of sp³-hybridized carbons (Fsp3) is 0.333. The summed E-state index contributed by atoms with van der Waals surface area (Å²) in [7, 11) is 3.42. The minimum Gasteiger partial charge on any atom is -0.496 e. The van der Waals surface area contributed by atoms with Crippen LogP contribution in [0, 0.1) is 10.1 Å². The van der Waals surface area contributed by atoms with Crippen LogP contribution in [0.15, 0.2) is 36.7 Å². The van der Waals surface area contributed by atoms with E-state index in [0.717, 1.165) is 5.56 Å². The number of aromatic nitrogens is 1. The Morgan fingerprint density at radius 2 is 2.19 bits per heavy atom. The molecule has 1 unspecified atom stereocenters. The SMILES string of the molecule is CNC(C)c1ccn(Cc2cc(OC)cc([N+](=O)[O-])c2)c1. The zero-order chi connectivity index (χ0) is 15.4. The summed E-state index contributed by atoms with van der Waals surface area (Å²) in [6.07, 6.45) is 4.00. The number of rotatable bonds is 6. The third-order valence-corrected chi connectivity index (χ3v) is 3.47. The third-order valence-electron chi connectivity index (χ3n) is 3.47. The van der Waals surface area contributed by atoms with Gasteiger partial charge in [0, 0.05) is 31.0 Å². The molecule has 6 nitrogen and oxygen atoms in total. The molecular weight excluding hydrogens is 270 g/mol. The maximum atomic E-state index is 10.9. The second-order valence-electron chi connectivity index (χ2n) is 4.92. The van der Waals surface area contributed by atoms with Gasteiger partial charge in [0.25, 0.3) is 5.69 Å². The van der Waals surface area contributed by atoms with Crippen molar-refractivity contribution in [3.8, 4) is 5.75 Å². The molecule has 0 bridgehead atoms. The third kappa shape index (κ3) is 3.61. The monoisotopic (exact) mass is 289 g/mol. The number of methoxy groups -OCH3 is 1. The number of hydrogen-bond donors (Lipinski definition) is 1. The number of non-ortho nitro benzene ring substituents is 1. The molecule has 0 aliphatic rings. The Hall–Kier alpha value is -2.34. The molecule has 0 saturated heterocycles. The Balaban J connectivity index is 2.24. The van der Waals surface area contributed by atoms with Crippen LogP contribution in [0.1, 0.15) is 24.1 Å². The van der Waals surface area contributed by atoms with Crippen LogP contribution in [0.25, 0.3) is 0 Å². The van der Waals surface area contributed by atoms with Gasteiger partial charge in [0.05, 0.1) is 18.1 Å². The molecule has 2 aromatic rings. The lowest BCUT2D eigenvalue weighted by Gasteiger charge is -2.08. The molecule has 2 rings (SSSR count). The predicted molar refractivity (Wildman–Crippen MR) is 80.7 cm³/mol. The number of ether oxygens (including phenoxy) is 1. The number of nitro groups is 1. The summed E-state index contributed by atoms with van der Waals surface area (Å²) < 4.78 is 7.12. The van der Waals surface area contributed by atoms with Crippen molar-refractivity contribution in [3.05, 3.63) is 57.9 Å². The predicted octanol–water partition coefficient (Wildman–Crippen LogP) is 2.73.